The Hall–Kier alpha value is -0.860. The van der Waals surface area contributed by atoms with Gasteiger partial charge in [-0.2, -0.15) is 11.8 Å². The lowest BCUT2D eigenvalue weighted by molar-refractivity contribution is 0.0649. The van der Waals surface area contributed by atoms with Gasteiger partial charge < -0.3 is 24.8 Å². The van der Waals surface area contributed by atoms with Crippen LogP contribution in [0.25, 0.3) is 0 Å². The van der Waals surface area contributed by atoms with Crippen molar-refractivity contribution in [3.63, 3.8) is 0 Å². The van der Waals surface area contributed by atoms with Crippen molar-refractivity contribution >= 4 is 34.7 Å². The normalized spacial score (nSPS) is 11.0. The topological polar surface area (TPSA) is 51.8 Å². The van der Waals surface area contributed by atoms with Gasteiger partial charge in [-0.05, 0) is 75.5 Å². The zero-order chi connectivity index (χ0) is 24.0. The summed E-state index contributed by atoms with van der Waals surface area (Å²) in [7, 11) is 0. The van der Waals surface area contributed by atoms with E-state index >= 15 is 0 Å². The van der Waals surface area contributed by atoms with Gasteiger partial charge in [0.05, 0.1) is 0 Å². The molecule has 7 heteroatoms. The van der Waals surface area contributed by atoms with Gasteiger partial charge in [-0.3, -0.25) is 0 Å². The number of anilines is 1. The van der Waals surface area contributed by atoms with Crippen LogP contribution in [0.15, 0.2) is 18.2 Å². The lowest BCUT2D eigenvalue weighted by Gasteiger charge is -2.14. The van der Waals surface area contributed by atoms with Crippen molar-refractivity contribution in [2.24, 2.45) is 0 Å². The average molecular weight is 499 g/mol. The summed E-state index contributed by atoms with van der Waals surface area (Å²) < 4.78 is 16.6. The fourth-order valence-corrected chi connectivity index (χ4v) is 3.98. The van der Waals surface area contributed by atoms with E-state index in [9.17, 15) is 0 Å². The van der Waals surface area contributed by atoms with Crippen LogP contribution in [-0.2, 0) is 20.6 Å². The summed E-state index contributed by atoms with van der Waals surface area (Å²) in [5.74, 6) is 1.16. The van der Waals surface area contributed by atoms with Gasteiger partial charge in [0.15, 0.2) is 0 Å². The average Bonchev–Trinajstić information content (AvgIpc) is 2.84. The standard InChI is InChI=1S/C26H46N2O3S2/c1-4-23-12-13-24(26(32)28-15-9-21-33-3)22-25(23)27-14-7-6-8-16-30-19-11-20-31-18-10-17-29-5-2/h12-13,22,27H,4-11,14-21H2,1-3H3,(H,28,32). The highest BCUT2D eigenvalue weighted by Gasteiger charge is 2.06. The second-order valence-corrected chi connectivity index (χ2v) is 9.34. The maximum Gasteiger partial charge on any atom is 0.106 e. The number of aryl methyl sites for hydroxylation is 1. The van der Waals surface area contributed by atoms with Gasteiger partial charge in [0.2, 0.25) is 0 Å². The molecular weight excluding hydrogens is 452 g/mol. The number of benzene rings is 1. The molecule has 1 rings (SSSR count). The van der Waals surface area contributed by atoms with E-state index in [4.69, 9.17) is 26.4 Å². The Morgan fingerprint density at radius 2 is 1.55 bits per heavy atom. The van der Waals surface area contributed by atoms with Crippen LogP contribution < -0.4 is 10.6 Å². The molecule has 0 aliphatic rings. The van der Waals surface area contributed by atoms with Crippen LogP contribution in [-0.4, -0.2) is 69.7 Å². The lowest BCUT2D eigenvalue weighted by Crippen LogP contribution is -2.24. The molecule has 0 saturated carbocycles. The van der Waals surface area contributed by atoms with Gasteiger partial charge in [-0.25, -0.2) is 0 Å². The summed E-state index contributed by atoms with van der Waals surface area (Å²) >= 11 is 7.46. The molecule has 33 heavy (non-hydrogen) atoms. The number of thiocarbonyl (C=S) groups is 1. The predicted octanol–water partition coefficient (Wildman–Crippen LogP) is 5.70. The summed E-state index contributed by atoms with van der Waals surface area (Å²) in [4.78, 5) is 0.842. The Morgan fingerprint density at radius 1 is 0.848 bits per heavy atom. The van der Waals surface area contributed by atoms with E-state index in [0.29, 0.717) is 0 Å². The van der Waals surface area contributed by atoms with Gasteiger partial charge in [0.1, 0.15) is 4.99 Å². The molecule has 0 spiro atoms. The second-order valence-electron chi connectivity index (χ2n) is 7.94. The molecule has 0 fully saturated rings. The minimum atomic E-state index is 0.769. The SMILES string of the molecule is CCOCCCOCCCOCCCCCNc1cc(C(=S)NCCCSC)ccc1CC. The monoisotopic (exact) mass is 498 g/mol. The third kappa shape index (κ3) is 15.6. The molecule has 0 atom stereocenters. The minimum absolute atomic E-state index is 0.769. The van der Waals surface area contributed by atoms with Gasteiger partial charge in [0, 0.05) is 64.0 Å². The van der Waals surface area contributed by atoms with E-state index in [1.807, 2.05) is 18.7 Å². The highest BCUT2D eigenvalue weighted by molar-refractivity contribution is 7.98. The van der Waals surface area contributed by atoms with Crippen molar-refractivity contribution in [3.8, 4) is 0 Å². The fourth-order valence-electron chi connectivity index (χ4n) is 3.31. The molecule has 0 aromatic heterocycles. The van der Waals surface area contributed by atoms with E-state index in [2.05, 4.69) is 42.0 Å². The highest BCUT2D eigenvalue weighted by atomic mass is 32.2. The first kappa shape index (κ1) is 30.2. The van der Waals surface area contributed by atoms with Gasteiger partial charge in [-0.1, -0.05) is 31.3 Å². The zero-order valence-corrected chi connectivity index (χ0v) is 22.7. The quantitative estimate of drug-likeness (QED) is 0.157. The molecule has 0 amide bonds. The molecule has 5 nitrogen and oxygen atoms in total. The minimum Gasteiger partial charge on any atom is -0.385 e. The second kappa shape index (κ2) is 21.7. The largest absolute Gasteiger partial charge is 0.385 e. The highest BCUT2D eigenvalue weighted by Crippen LogP contribution is 2.19. The third-order valence-corrected chi connectivity index (χ3v) is 6.28. The molecule has 190 valence electrons. The number of thioether (sulfide) groups is 1. The van der Waals surface area contributed by atoms with Crippen LogP contribution in [0.3, 0.4) is 0 Å². The van der Waals surface area contributed by atoms with Crippen LogP contribution in [0, 0.1) is 0 Å². The maximum atomic E-state index is 5.72. The molecule has 1 aromatic rings. The summed E-state index contributed by atoms with van der Waals surface area (Å²) in [5, 5.41) is 7.01. The van der Waals surface area contributed by atoms with Crippen molar-refractivity contribution < 1.29 is 14.2 Å². The maximum absolute atomic E-state index is 5.72. The summed E-state index contributed by atoms with van der Waals surface area (Å²) in [5.41, 5.74) is 3.65. The van der Waals surface area contributed by atoms with Gasteiger partial charge >= 0.3 is 0 Å². The Balaban J connectivity index is 2.12. The molecule has 0 unspecified atom stereocenters. The summed E-state index contributed by atoms with van der Waals surface area (Å²) in [6.07, 6.45) is 9.61. The molecule has 0 aliphatic carbocycles. The van der Waals surface area contributed by atoms with Crippen LogP contribution >= 0.6 is 24.0 Å². The van der Waals surface area contributed by atoms with Crippen molar-refractivity contribution in [3.05, 3.63) is 29.3 Å². The first-order valence-electron chi connectivity index (χ1n) is 12.6. The molecule has 0 heterocycles. The van der Waals surface area contributed by atoms with Crippen LogP contribution in [0.4, 0.5) is 5.69 Å². The third-order valence-electron chi connectivity index (χ3n) is 5.20. The number of hydrogen-bond donors (Lipinski definition) is 2. The van der Waals surface area contributed by atoms with E-state index < -0.39 is 0 Å². The summed E-state index contributed by atoms with van der Waals surface area (Å²) in [6, 6.07) is 6.53. The smallest absolute Gasteiger partial charge is 0.106 e. The van der Waals surface area contributed by atoms with E-state index in [1.165, 1.54) is 11.3 Å². The Labute approximate surface area is 212 Å². The van der Waals surface area contributed by atoms with Crippen LogP contribution in [0.1, 0.15) is 63.5 Å². The Morgan fingerprint density at radius 3 is 2.21 bits per heavy atom. The molecule has 0 saturated heterocycles. The molecule has 0 aliphatic heterocycles. The van der Waals surface area contributed by atoms with Crippen molar-refractivity contribution in [1.29, 1.82) is 0 Å². The predicted molar refractivity (Wildman–Crippen MR) is 148 cm³/mol. The first-order valence-corrected chi connectivity index (χ1v) is 14.4. The van der Waals surface area contributed by atoms with Crippen LogP contribution in [0.2, 0.25) is 0 Å². The number of unbranched alkanes of at least 4 members (excludes halogenated alkanes) is 2. The molecule has 0 radical (unpaired) electrons. The Bertz CT molecular complexity index is 617. The molecular formula is C26H46N2O3S2. The van der Waals surface area contributed by atoms with Crippen molar-refractivity contribution in [2.45, 2.75) is 58.8 Å². The number of hydrogen-bond acceptors (Lipinski definition) is 6. The van der Waals surface area contributed by atoms with E-state index in [1.54, 1.807) is 0 Å². The van der Waals surface area contributed by atoms with Gasteiger partial charge in [0.25, 0.3) is 0 Å². The lowest BCUT2D eigenvalue weighted by atomic mass is 10.1. The van der Waals surface area contributed by atoms with E-state index in [-0.39, 0.29) is 0 Å². The van der Waals surface area contributed by atoms with Crippen molar-refractivity contribution in [2.75, 3.05) is 70.1 Å². The summed E-state index contributed by atoms with van der Waals surface area (Å²) in [6.45, 7) is 10.8. The van der Waals surface area contributed by atoms with E-state index in [0.717, 1.165) is 114 Å². The molecule has 0 bridgehead atoms. The number of ether oxygens (including phenoxy) is 3. The molecule has 1 aromatic carbocycles. The fraction of sp³-hybridized carbons (Fsp3) is 0.731. The van der Waals surface area contributed by atoms with Crippen molar-refractivity contribution in [1.82, 2.24) is 5.32 Å². The van der Waals surface area contributed by atoms with Crippen LogP contribution in [0.5, 0.6) is 0 Å². The number of rotatable bonds is 22. The molecule has 2 N–H and O–H groups in total. The van der Waals surface area contributed by atoms with Gasteiger partial charge in [-0.15, -0.1) is 0 Å². The zero-order valence-electron chi connectivity index (χ0n) is 21.1. The Kier molecular flexibility index (Phi) is 19.8. The first-order chi connectivity index (χ1) is 16.2. The number of nitrogens with one attached hydrogen (secondary N) is 2.